The highest BCUT2D eigenvalue weighted by Crippen LogP contribution is 2.18. The molecule has 2 N–H and O–H groups in total. The van der Waals surface area contributed by atoms with Crippen LogP contribution in [0.15, 0.2) is 79.0 Å². The van der Waals surface area contributed by atoms with Gasteiger partial charge in [-0.15, -0.1) is 0 Å². The van der Waals surface area contributed by atoms with Gasteiger partial charge in [-0.3, -0.25) is 0 Å². The number of anilines is 1. The summed E-state index contributed by atoms with van der Waals surface area (Å²) in [5.74, 6) is 0.998. The van der Waals surface area contributed by atoms with E-state index in [1.165, 1.54) is 5.56 Å². The lowest BCUT2D eigenvalue weighted by Gasteiger charge is -2.33. The van der Waals surface area contributed by atoms with Gasteiger partial charge >= 0.3 is 6.03 Å². The molecule has 166 valence electrons. The van der Waals surface area contributed by atoms with E-state index in [1.807, 2.05) is 54.7 Å². The van der Waals surface area contributed by atoms with E-state index >= 15 is 0 Å². The van der Waals surface area contributed by atoms with E-state index < -0.39 is 0 Å². The number of nitrogens with zero attached hydrogens (tertiary/aromatic N) is 3. The Morgan fingerprint density at radius 3 is 2.25 bits per heavy atom. The molecule has 4 rings (SSSR count). The van der Waals surface area contributed by atoms with E-state index in [2.05, 4.69) is 56.7 Å². The number of carbonyl (C=O) groups excluding carboxylic acids is 1. The molecule has 1 fully saturated rings. The van der Waals surface area contributed by atoms with Crippen LogP contribution in [-0.4, -0.2) is 49.1 Å². The van der Waals surface area contributed by atoms with Crippen LogP contribution in [0, 0.1) is 0 Å². The maximum atomic E-state index is 12.7. The molecular weight excluding hydrogens is 398 g/mol. The fourth-order valence-corrected chi connectivity index (χ4v) is 3.92. The molecule has 0 saturated carbocycles. The van der Waals surface area contributed by atoms with Gasteiger partial charge in [-0.25, -0.2) is 9.78 Å². The first-order valence-electron chi connectivity index (χ1n) is 11.2. The lowest BCUT2D eigenvalue weighted by atomic mass is 9.99. The summed E-state index contributed by atoms with van der Waals surface area (Å²) in [4.78, 5) is 21.9. The Balaban J connectivity index is 1.33. The standard InChI is InChI=1S/C26H31N5O/c1-30-14-16-31(17-15-30)25-13-12-22(19-27-25)20-28-26(32)29-24(23-10-6-3-7-11-23)18-21-8-4-2-5-9-21/h2-13,19,24H,14-18,20H2,1H3,(H2,28,29,32)/t24-/m1/s1. The highest BCUT2D eigenvalue weighted by Gasteiger charge is 2.16. The van der Waals surface area contributed by atoms with Gasteiger partial charge in [0.25, 0.3) is 0 Å². The van der Waals surface area contributed by atoms with Crippen LogP contribution in [0.4, 0.5) is 10.6 Å². The third kappa shape index (κ3) is 6.08. The Morgan fingerprint density at radius 1 is 0.906 bits per heavy atom. The second kappa shape index (κ2) is 10.8. The summed E-state index contributed by atoms with van der Waals surface area (Å²) in [5.41, 5.74) is 3.26. The molecule has 2 amide bonds. The highest BCUT2D eigenvalue weighted by atomic mass is 16.2. The van der Waals surface area contributed by atoms with Crippen LogP contribution in [0.2, 0.25) is 0 Å². The predicted molar refractivity (Wildman–Crippen MR) is 129 cm³/mol. The van der Waals surface area contributed by atoms with Crippen LogP contribution in [0.25, 0.3) is 0 Å². The Hall–Kier alpha value is -3.38. The average molecular weight is 430 g/mol. The van der Waals surface area contributed by atoms with Crippen molar-refractivity contribution in [1.82, 2.24) is 20.5 Å². The number of carbonyl (C=O) groups is 1. The SMILES string of the molecule is CN1CCN(c2ccc(CNC(=O)N[C@H](Cc3ccccc3)c3ccccc3)cn2)CC1. The predicted octanol–water partition coefficient (Wildman–Crippen LogP) is 3.62. The van der Waals surface area contributed by atoms with Crippen LogP contribution in [0.5, 0.6) is 0 Å². The average Bonchev–Trinajstić information content (AvgIpc) is 2.84. The number of hydrogen-bond donors (Lipinski definition) is 2. The summed E-state index contributed by atoms with van der Waals surface area (Å²) in [6.45, 7) is 4.53. The summed E-state index contributed by atoms with van der Waals surface area (Å²) >= 11 is 0. The zero-order valence-corrected chi connectivity index (χ0v) is 18.6. The molecule has 0 unspecified atom stereocenters. The first-order chi connectivity index (χ1) is 15.7. The van der Waals surface area contributed by atoms with E-state index in [4.69, 9.17) is 0 Å². The smallest absolute Gasteiger partial charge is 0.315 e. The quantitative estimate of drug-likeness (QED) is 0.602. The van der Waals surface area contributed by atoms with Crippen LogP contribution < -0.4 is 15.5 Å². The molecule has 2 heterocycles. The molecule has 1 saturated heterocycles. The van der Waals surface area contributed by atoms with Crippen molar-refractivity contribution in [1.29, 1.82) is 0 Å². The molecule has 1 aliphatic heterocycles. The van der Waals surface area contributed by atoms with Crippen molar-refractivity contribution in [3.63, 3.8) is 0 Å². The van der Waals surface area contributed by atoms with Crippen LogP contribution in [-0.2, 0) is 13.0 Å². The molecule has 0 bridgehead atoms. The number of aromatic nitrogens is 1. The number of nitrogens with one attached hydrogen (secondary N) is 2. The van der Waals surface area contributed by atoms with Crippen molar-refractivity contribution in [2.24, 2.45) is 0 Å². The van der Waals surface area contributed by atoms with Gasteiger partial charge in [0.2, 0.25) is 0 Å². The van der Waals surface area contributed by atoms with Gasteiger partial charge in [-0.2, -0.15) is 0 Å². The number of pyridine rings is 1. The minimum Gasteiger partial charge on any atom is -0.354 e. The second-order valence-electron chi connectivity index (χ2n) is 8.29. The van der Waals surface area contributed by atoms with Crippen molar-refractivity contribution in [3.8, 4) is 0 Å². The molecule has 2 aromatic carbocycles. The van der Waals surface area contributed by atoms with Crippen molar-refractivity contribution >= 4 is 11.8 Å². The van der Waals surface area contributed by atoms with Gasteiger partial charge in [-0.1, -0.05) is 66.7 Å². The number of rotatable bonds is 7. The van der Waals surface area contributed by atoms with Gasteiger partial charge < -0.3 is 20.4 Å². The molecule has 6 heteroatoms. The van der Waals surface area contributed by atoms with Gasteiger partial charge in [0.1, 0.15) is 5.82 Å². The zero-order valence-electron chi connectivity index (χ0n) is 18.6. The molecule has 0 aliphatic carbocycles. The minimum absolute atomic E-state index is 0.101. The third-order valence-electron chi connectivity index (χ3n) is 5.88. The number of urea groups is 1. The molecule has 1 atom stereocenters. The number of likely N-dealkylation sites (N-methyl/N-ethyl adjacent to an activating group) is 1. The number of hydrogen-bond acceptors (Lipinski definition) is 4. The summed E-state index contributed by atoms with van der Waals surface area (Å²) in [6.07, 6.45) is 2.59. The van der Waals surface area contributed by atoms with E-state index in [1.54, 1.807) is 0 Å². The summed E-state index contributed by atoms with van der Waals surface area (Å²) in [7, 11) is 2.15. The van der Waals surface area contributed by atoms with E-state index in [0.29, 0.717) is 6.54 Å². The highest BCUT2D eigenvalue weighted by molar-refractivity contribution is 5.74. The first kappa shape index (κ1) is 21.8. The summed E-state index contributed by atoms with van der Waals surface area (Å²) in [6, 6.07) is 24.1. The summed E-state index contributed by atoms with van der Waals surface area (Å²) < 4.78 is 0. The maximum absolute atomic E-state index is 12.7. The van der Waals surface area contributed by atoms with Crippen LogP contribution >= 0.6 is 0 Å². The molecule has 32 heavy (non-hydrogen) atoms. The fourth-order valence-electron chi connectivity index (χ4n) is 3.92. The Labute approximate surface area is 190 Å². The van der Waals surface area contributed by atoms with Crippen LogP contribution in [0.3, 0.4) is 0 Å². The lowest BCUT2D eigenvalue weighted by Crippen LogP contribution is -2.44. The maximum Gasteiger partial charge on any atom is 0.315 e. The van der Waals surface area contributed by atoms with E-state index in [0.717, 1.165) is 49.5 Å². The zero-order chi connectivity index (χ0) is 22.2. The topological polar surface area (TPSA) is 60.5 Å². The second-order valence-corrected chi connectivity index (χ2v) is 8.29. The first-order valence-corrected chi connectivity index (χ1v) is 11.2. The van der Waals surface area contributed by atoms with Crippen molar-refractivity contribution in [3.05, 3.63) is 95.7 Å². The molecular formula is C26H31N5O. The Bertz CT molecular complexity index is 970. The van der Waals surface area contributed by atoms with Gasteiger partial charge in [0, 0.05) is 38.9 Å². The van der Waals surface area contributed by atoms with Gasteiger partial charge in [-0.05, 0) is 36.2 Å². The number of benzene rings is 2. The van der Waals surface area contributed by atoms with Crippen molar-refractivity contribution in [2.75, 3.05) is 38.1 Å². The Kier molecular flexibility index (Phi) is 7.35. The fraction of sp³-hybridized carbons (Fsp3) is 0.308. The molecule has 0 radical (unpaired) electrons. The Morgan fingerprint density at radius 2 is 1.59 bits per heavy atom. The number of amides is 2. The largest absolute Gasteiger partial charge is 0.354 e. The van der Waals surface area contributed by atoms with E-state index in [9.17, 15) is 4.79 Å². The van der Waals surface area contributed by atoms with Crippen molar-refractivity contribution in [2.45, 2.75) is 19.0 Å². The van der Waals surface area contributed by atoms with Crippen LogP contribution in [0.1, 0.15) is 22.7 Å². The molecule has 6 nitrogen and oxygen atoms in total. The minimum atomic E-state index is -0.182. The summed E-state index contributed by atoms with van der Waals surface area (Å²) in [5, 5.41) is 6.12. The molecule has 0 spiro atoms. The molecule has 1 aliphatic rings. The van der Waals surface area contributed by atoms with Crippen molar-refractivity contribution < 1.29 is 4.79 Å². The normalized spacial score (nSPS) is 15.2. The molecule has 3 aromatic rings. The number of piperazine rings is 1. The third-order valence-corrected chi connectivity index (χ3v) is 5.88. The van der Waals surface area contributed by atoms with Gasteiger partial charge in [0.05, 0.1) is 6.04 Å². The monoisotopic (exact) mass is 429 g/mol. The van der Waals surface area contributed by atoms with Gasteiger partial charge in [0.15, 0.2) is 0 Å². The van der Waals surface area contributed by atoms with E-state index in [-0.39, 0.29) is 12.1 Å². The lowest BCUT2D eigenvalue weighted by molar-refractivity contribution is 0.236. The molecule has 1 aromatic heterocycles.